The molecule has 3 N–H and O–H groups in total. The molecule has 2 rings (SSSR count). The van der Waals surface area contributed by atoms with E-state index in [0.29, 0.717) is 11.4 Å². The number of hydrogen-bond acceptors (Lipinski definition) is 6. The highest BCUT2D eigenvalue weighted by Crippen LogP contribution is 2.09. The molecule has 1 saturated heterocycles. The first-order valence-electron chi connectivity index (χ1n) is 6.56. The van der Waals surface area contributed by atoms with Crippen LogP contribution in [0.5, 0.6) is 0 Å². The van der Waals surface area contributed by atoms with Gasteiger partial charge in [-0.1, -0.05) is 0 Å². The molecule has 0 bridgehead atoms. The molecule has 104 valence electrons. The van der Waals surface area contributed by atoms with Crippen LogP contribution < -0.4 is 11.1 Å². The predicted octanol–water partition coefficient (Wildman–Crippen LogP) is 0.403. The molecule has 0 atom stereocenters. The molecule has 0 spiro atoms. The molecule has 0 aromatic carbocycles. The van der Waals surface area contributed by atoms with Gasteiger partial charge in [0.2, 0.25) is 0 Å². The maximum Gasteiger partial charge on any atom is 0.153 e. The van der Waals surface area contributed by atoms with Gasteiger partial charge in [-0.3, -0.25) is 4.90 Å². The third-order valence-corrected chi connectivity index (χ3v) is 3.07. The molecule has 0 aliphatic carbocycles. The molecule has 0 saturated carbocycles. The van der Waals surface area contributed by atoms with Crippen LogP contribution >= 0.6 is 0 Å². The van der Waals surface area contributed by atoms with Crippen molar-refractivity contribution in [3.05, 3.63) is 35.7 Å². The first kappa shape index (κ1) is 14.2. The number of piperazine rings is 1. The Labute approximate surface area is 118 Å². The minimum atomic E-state index is 0.517. The maximum absolute atomic E-state index is 8.83. The van der Waals surface area contributed by atoms with E-state index in [4.69, 9.17) is 11.0 Å². The van der Waals surface area contributed by atoms with Gasteiger partial charge in [0.25, 0.3) is 0 Å². The second kappa shape index (κ2) is 7.38. The Kier molecular flexibility index (Phi) is 5.24. The number of nitrogens with two attached hydrogens (primary N) is 1. The van der Waals surface area contributed by atoms with Gasteiger partial charge in [0, 0.05) is 51.2 Å². The van der Waals surface area contributed by atoms with Crippen LogP contribution in [0.3, 0.4) is 0 Å². The fourth-order valence-electron chi connectivity index (χ4n) is 1.97. The van der Waals surface area contributed by atoms with E-state index in [2.05, 4.69) is 26.3 Å². The highest BCUT2D eigenvalue weighted by atomic mass is 15.2. The van der Waals surface area contributed by atoms with Crippen molar-refractivity contribution in [2.24, 2.45) is 10.7 Å². The Morgan fingerprint density at radius 3 is 3.05 bits per heavy atom. The Morgan fingerprint density at radius 2 is 2.35 bits per heavy atom. The second-order valence-corrected chi connectivity index (χ2v) is 4.54. The van der Waals surface area contributed by atoms with Gasteiger partial charge < -0.3 is 11.1 Å². The Bertz CT molecular complexity index is 537. The van der Waals surface area contributed by atoms with E-state index in [0.717, 1.165) is 38.3 Å². The topological polar surface area (TPSA) is 90.3 Å². The van der Waals surface area contributed by atoms with Crippen LogP contribution in [0.15, 0.2) is 35.1 Å². The molecular formula is C14H18N6. The van der Waals surface area contributed by atoms with Crippen molar-refractivity contribution in [3.63, 3.8) is 0 Å². The van der Waals surface area contributed by atoms with Gasteiger partial charge in [-0.25, -0.2) is 9.98 Å². The summed E-state index contributed by atoms with van der Waals surface area (Å²) in [6.45, 7) is 4.79. The largest absolute Gasteiger partial charge is 0.404 e. The van der Waals surface area contributed by atoms with Crippen molar-refractivity contribution in [1.29, 1.82) is 5.26 Å². The van der Waals surface area contributed by atoms with Crippen LogP contribution in [0.1, 0.15) is 5.56 Å². The molecule has 0 radical (unpaired) electrons. The third kappa shape index (κ3) is 4.16. The summed E-state index contributed by atoms with van der Waals surface area (Å²) in [5, 5.41) is 12.1. The van der Waals surface area contributed by atoms with Crippen LogP contribution in [-0.4, -0.2) is 48.8 Å². The van der Waals surface area contributed by atoms with Gasteiger partial charge in [-0.2, -0.15) is 5.26 Å². The second-order valence-electron chi connectivity index (χ2n) is 4.54. The number of rotatable bonds is 4. The molecule has 1 aliphatic heterocycles. The minimum absolute atomic E-state index is 0.517. The molecule has 1 aromatic rings. The molecule has 2 heterocycles. The van der Waals surface area contributed by atoms with Gasteiger partial charge >= 0.3 is 0 Å². The summed E-state index contributed by atoms with van der Waals surface area (Å²) in [7, 11) is 0. The van der Waals surface area contributed by atoms with E-state index in [1.807, 2.05) is 0 Å². The smallest absolute Gasteiger partial charge is 0.153 e. The zero-order valence-corrected chi connectivity index (χ0v) is 11.3. The number of hydrogen-bond donors (Lipinski definition) is 2. The monoisotopic (exact) mass is 270 g/mol. The van der Waals surface area contributed by atoms with Crippen molar-refractivity contribution in [2.45, 2.75) is 0 Å². The Morgan fingerprint density at radius 1 is 1.55 bits per heavy atom. The Hall–Kier alpha value is -2.23. The molecule has 0 amide bonds. The fourth-order valence-corrected chi connectivity index (χ4v) is 1.97. The zero-order valence-electron chi connectivity index (χ0n) is 11.3. The van der Waals surface area contributed by atoms with Gasteiger partial charge in [0.1, 0.15) is 0 Å². The van der Waals surface area contributed by atoms with E-state index >= 15 is 0 Å². The lowest BCUT2D eigenvalue weighted by atomic mass is 10.2. The van der Waals surface area contributed by atoms with Crippen molar-refractivity contribution in [1.82, 2.24) is 15.2 Å². The lowest BCUT2D eigenvalue weighted by Crippen LogP contribution is -2.44. The summed E-state index contributed by atoms with van der Waals surface area (Å²) in [4.78, 5) is 10.7. The summed E-state index contributed by atoms with van der Waals surface area (Å²) in [6, 6.07) is 5.37. The lowest BCUT2D eigenvalue weighted by Gasteiger charge is -2.27. The van der Waals surface area contributed by atoms with Gasteiger partial charge in [-0.05, 0) is 17.8 Å². The van der Waals surface area contributed by atoms with Crippen LogP contribution in [0, 0.1) is 11.3 Å². The van der Waals surface area contributed by atoms with Gasteiger partial charge in [0.05, 0.1) is 11.6 Å². The molecule has 1 aliphatic rings. The van der Waals surface area contributed by atoms with E-state index in [9.17, 15) is 0 Å². The first-order valence-corrected chi connectivity index (χ1v) is 6.56. The molecule has 20 heavy (non-hydrogen) atoms. The summed E-state index contributed by atoms with van der Waals surface area (Å²) in [5.41, 5.74) is 7.13. The predicted molar refractivity (Wildman–Crippen MR) is 78.7 cm³/mol. The summed E-state index contributed by atoms with van der Waals surface area (Å²) >= 11 is 0. The minimum Gasteiger partial charge on any atom is -0.404 e. The van der Waals surface area contributed by atoms with E-state index in [1.54, 1.807) is 30.7 Å². The van der Waals surface area contributed by atoms with Crippen LogP contribution in [0.2, 0.25) is 0 Å². The van der Waals surface area contributed by atoms with E-state index < -0.39 is 0 Å². The van der Waals surface area contributed by atoms with Crippen molar-refractivity contribution >= 4 is 12.0 Å². The van der Waals surface area contributed by atoms with Crippen molar-refractivity contribution in [2.75, 3.05) is 32.7 Å². The maximum atomic E-state index is 8.83. The summed E-state index contributed by atoms with van der Waals surface area (Å²) in [5.74, 6) is 0.517. The fraction of sp³-hybridized carbons (Fsp3) is 0.357. The zero-order chi connectivity index (χ0) is 14.2. The highest BCUT2D eigenvalue weighted by Gasteiger charge is 2.10. The van der Waals surface area contributed by atoms with Crippen LogP contribution in [-0.2, 0) is 0 Å². The first-order chi connectivity index (χ1) is 9.81. The number of aromatic nitrogens is 1. The normalized spacial score (nSPS) is 17.2. The molecule has 1 fully saturated rings. The summed E-state index contributed by atoms with van der Waals surface area (Å²) < 4.78 is 0. The number of aliphatic imine (C=N–C) groups is 1. The molecule has 1 aromatic heterocycles. The van der Waals surface area contributed by atoms with Gasteiger partial charge in [-0.15, -0.1) is 0 Å². The van der Waals surface area contributed by atoms with Crippen LogP contribution in [0.25, 0.3) is 0 Å². The average Bonchev–Trinajstić information content (AvgIpc) is 2.52. The number of nitriles is 1. The number of pyridine rings is 1. The van der Waals surface area contributed by atoms with Crippen LogP contribution in [0.4, 0.5) is 5.82 Å². The molecular weight excluding hydrogens is 252 g/mol. The SMILES string of the molecule is N#Cc1ccnc(N=CC(=CN)CN2CCNCC2)c1. The standard InChI is InChI=1S/C14H18N6/c15-8-12-1-2-18-14(7-12)19-10-13(9-16)11-20-5-3-17-4-6-20/h1-2,7,9-10,17H,3-6,11,16H2. The highest BCUT2D eigenvalue weighted by molar-refractivity contribution is 5.81. The summed E-state index contributed by atoms with van der Waals surface area (Å²) in [6.07, 6.45) is 4.86. The molecule has 6 nitrogen and oxygen atoms in total. The Balaban J connectivity index is 1.98. The molecule has 6 heteroatoms. The average molecular weight is 270 g/mol. The van der Waals surface area contributed by atoms with Gasteiger partial charge in [0.15, 0.2) is 5.82 Å². The van der Waals surface area contributed by atoms with Crippen molar-refractivity contribution < 1.29 is 0 Å². The van der Waals surface area contributed by atoms with E-state index in [1.165, 1.54) is 0 Å². The quantitative estimate of drug-likeness (QED) is 0.773. The lowest BCUT2D eigenvalue weighted by molar-refractivity contribution is 0.262. The number of nitrogens with zero attached hydrogens (tertiary/aromatic N) is 4. The third-order valence-electron chi connectivity index (χ3n) is 3.07. The number of nitrogens with one attached hydrogen (secondary N) is 1. The van der Waals surface area contributed by atoms with Crippen molar-refractivity contribution in [3.8, 4) is 6.07 Å². The molecule has 0 unspecified atom stereocenters. The van der Waals surface area contributed by atoms with E-state index in [-0.39, 0.29) is 0 Å².